The maximum atomic E-state index is 11.6. The molecule has 1 aromatic carbocycles. The molecule has 0 aliphatic carbocycles. The second kappa shape index (κ2) is 7.32. The Morgan fingerprint density at radius 3 is 3.09 bits per heavy atom. The summed E-state index contributed by atoms with van der Waals surface area (Å²) < 4.78 is 10.7. The van der Waals surface area contributed by atoms with Gasteiger partial charge >= 0.3 is 5.97 Å². The van der Waals surface area contributed by atoms with E-state index in [2.05, 4.69) is 15.2 Å². The number of hydrogen-bond acceptors (Lipinski definition) is 6. The molecule has 0 bridgehead atoms. The lowest BCUT2D eigenvalue weighted by atomic mass is 10.2. The van der Waals surface area contributed by atoms with Gasteiger partial charge in [0.25, 0.3) is 11.1 Å². The summed E-state index contributed by atoms with van der Waals surface area (Å²) in [5.41, 5.74) is 1.86. The molecule has 0 unspecified atom stereocenters. The van der Waals surface area contributed by atoms with Gasteiger partial charge in [0.1, 0.15) is 5.75 Å². The SMILES string of the molecule is CCCCOC(=O)CSc1nnc(-c2c[nH]c3ccccc23)o1. The fraction of sp³-hybridized carbons (Fsp3) is 0.312. The van der Waals surface area contributed by atoms with Crippen molar-refractivity contribution in [2.75, 3.05) is 12.4 Å². The van der Waals surface area contributed by atoms with Crippen LogP contribution in [0.1, 0.15) is 19.8 Å². The van der Waals surface area contributed by atoms with Crippen LogP contribution in [0, 0.1) is 0 Å². The number of nitrogens with zero attached hydrogens (tertiary/aromatic N) is 2. The highest BCUT2D eigenvalue weighted by atomic mass is 32.2. The van der Waals surface area contributed by atoms with E-state index in [1.807, 2.05) is 37.4 Å². The van der Waals surface area contributed by atoms with Crippen molar-refractivity contribution in [1.29, 1.82) is 0 Å². The molecule has 0 fully saturated rings. The number of nitrogens with one attached hydrogen (secondary N) is 1. The molecule has 0 aliphatic rings. The lowest BCUT2D eigenvalue weighted by Crippen LogP contribution is -2.08. The second-order valence-electron chi connectivity index (χ2n) is 4.98. The Balaban J connectivity index is 1.63. The van der Waals surface area contributed by atoms with Crippen molar-refractivity contribution in [3.05, 3.63) is 30.5 Å². The van der Waals surface area contributed by atoms with Crippen LogP contribution in [-0.4, -0.2) is 33.5 Å². The minimum atomic E-state index is -0.268. The zero-order valence-corrected chi connectivity index (χ0v) is 13.6. The van der Waals surface area contributed by atoms with E-state index in [9.17, 15) is 4.79 Å². The van der Waals surface area contributed by atoms with Crippen LogP contribution in [0.2, 0.25) is 0 Å². The van der Waals surface area contributed by atoms with E-state index in [1.54, 1.807) is 0 Å². The first kappa shape index (κ1) is 15.6. The summed E-state index contributed by atoms with van der Waals surface area (Å²) in [4.78, 5) is 14.7. The van der Waals surface area contributed by atoms with Crippen molar-refractivity contribution in [3.63, 3.8) is 0 Å². The first-order chi connectivity index (χ1) is 11.3. The third-order valence-corrected chi connectivity index (χ3v) is 4.09. The number of carbonyl (C=O) groups excluding carboxylic acids is 1. The van der Waals surface area contributed by atoms with E-state index in [1.165, 1.54) is 11.8 Å². The first-order valence-electron chi connectivity index (χ1n) is 7.46. The third-order valence-electron chi connectivity index (χ3n) is 3.30. The van der Waals surface area contributed by atoms with Gasteiger partial charge in [0, 0.05) is 17.1 Å². The fourth-order valence-corrected chi connectivity index (χ4v) is 2.68. The summed E-state index contributed by atoms with van der Waals surface area (Å²) in [5, 5.41) is 9.40. The highest BCUT2D eigenvalue weighted by Gasteiger charge is 2.14. The molecule has 7 heteroatoms. The van der Waals surface area contributed by atoms with Gasteiger partial charge in [-0.25, -0.2) is 0 Å². The molecule has 23 heavy (non-hydrogen) atoms. The van der Waals surface area contributed by atoms with E-state index in [4.69, 9.17) is 9.15 Å². The van der Waals surface area contributed by atoms with Crippen molar-refractivity contribution >= 4 is 28.6 Å². The van der Waals surface area contributed by atoms with Gasteiger partial charge in [-0.15, -0.1) is 10.2 Å². The van der Waals surface area contributed by atoms with E-state index in [-0.39, 0.29) is 11.7 Å². The normalized spacial score (nSPS) is 11.0. The number of fused-ring (bicyclic) bond motifs is 1. The quantitative estimate of drug-likeness (QED) is 0.404. The maximum Gasteiger partial charge on any atom is 0.316 e. The fourth-order valence-electron chi connectivity index (χ4n) is 2.12. The summed E-state index contributed by atoms with van der Waals surface area (Å²) in [5.74, 6) is 0.332. The Kier molecular flexibility index (Phi) is 4.97. The van der Waals surface area contributed by atoms with Gasteiger partial charge in [-0.1, -0.05) is 43.3 Å². The van der Waals surface area contributed by atoms with Crippen LogP contribution in [0.15, 0.2) is 40.1 Å². The van der Waals surface area contributed by atoms with Gasteiger partial charge in [0.05, 0.1) is 12.2 Å². The number of ether oxygens (including phenoxy) is 1. The smallest absolute Gasteiger partial charge is 0.316 e. The molecule has 3 rings (SSSR count). The summed E-state index contributed by atoms with van der Waals surface area (Å²) in [6.07, 6.45) is 3.71. The Morgan fingerprint density at radius 2 is 2.22 bits per heavy atom. The van der Waals surface area contributed by atoms with E-state index in [0.717, 1.165) is 29.3 Å². The summed E-state index contributed by atoms with van der Waals surface area (Å²) in [7, 11) is 0. The number of aromatic nitrogens is 3. The number of aromatic amines is 1. The Bertz CT molecular complexity index is 797. The van der Waals surface area contributed by atoms with Crippen molar-refractivity contribution in [1.82, 2.24) is 15.2 Å². The molecule has 2 aromatic heterocycles. The highest BCUT2D eigenvalue weighted by molar-refractivity contribution is 7.99. The van der Waals surface area contributed by atoms with E-state index in [0.29, 0.717) is 17.7 Å². The molecule has 3 aromatic rings. The van der Waals surface area contributed by atoms with Crippen LogP contribution in [0.3, 0.4) is 0 Å². The first-order valence-corrected chi connectivity index (χ1v) is 8.45. The number of rotatable bonds is 7. The van der Waals surface area contributed by atoms with Crippen molar-refractivity contribution in [2.45, 2.75) is 25.0 Å². The molecule has 0 atom stereocenters. The number of esters is 1. The van der Waals surface area contributed by atoms with E-state index < -0.39 is 0 Å². The minimum Gasteiger partial charge on any atom is -0.465 e. The molecule has 6 nitrogen and oxygen atoms in total. The van der Waals surface area contributed by atoms with Crippen molar-refractivity contribution in [2.24, 2.45) is 0 Å². The molecule has 120 valence electrons. The highest BCUT2D eigenvalue weighted by Crippen LogP contribution is 2.29. The lowest BCUT2D eigenvalue weighted by molar-refractivity contribution is -0.140. The van der Waals surface area contributed by atoms with Crippen molar-refractivity contribution < 1.29 is 13.9 Å². The summed E-state index contributed by atoms with van der Waals surface area (Å²) in [6.45, 7) is 2.51. The number of benzene rings is 1. The largest absolute Gasteiger partial charge is 0.465 e. The van der Waals surface area contributed by atoms with E-state index >= 15 is 0 Å². The maximum absolute atomic E-state index is 11.6. The van der Waals surface area contributed by atoms with Crippen LogP contribution in [0.5, 0.6) is 0 Å². The molecule has 0 amide bonds. The Hall–Kier alpha value is -2.28. The molecule has 0 aliphatic heterocycles. The number of carbonyl (C=O) groups is 1. The van der Waals surface area contributed by atoms with Gasteiger partial charge in [-0.2, -0.15) is 0 Å². The predicted molar refractivity (Wildman–Crippen MR) is 88.2 cm³/mol. The number of thioether (sulfide) groups is 1. The second-order valence-corrected chi connectivity index (χ2v) is 5.91. The van der Waals surface area contributed by atoms with Crippen molar-refractivity contribution in [3.8, 4) is 11.5 Å². The topological polar surface area (TPSA) is 81.0 Å². The molecular formula is C16H17N3O3S. The lowest BCUT2D eigenvalue weighted by Gasteiger charge is -2.01. The Morgan fingerprint density at radius 1 is 1.35 bits per heavy atom. The van der Waals surface area contributed by atoms with Crippen LogP contribution >= 0.6 is 11.8 Å². The van der Waals surface area contributed by atoms with Crippen LogP contribution in [0.25, 0.3) is 22.4 Å². The monoisotopic (exact) mass is 331 g/mol. The third kappa shape index (κ3) is 3.73. The van der Waals surface area contributed by atoms with Gasteiger partial charge in [0.15, 0.2) is 0 Å². The summed E-state index contributed by atoms with van der Waals surface area (Å²) in [6, 6.07) is 7.89. The zero-order chi connectivity index (χ0) is 16.1. The van der Waals surface area contributed by atoms with Gasteiger partial charge in [-0.05, 0) is 12.5 Å². The Labute approximate surface area is 137 Å². The molecule has 0 radical (unpaired) electrons. The number of hydrogen-bond donors (Lipinski definition) is 1. The predicted octanol–water partition coefficient (Wildman–Crippen LogP) is 3.65. The molecule has 2 heterocycles. The van der Waals surface area contributed by atoms with Gasteiger partial charge < -0.3 is 14.1 Å². The standard InChI is InChI=1S/C16H17N3O3S/c1-2-3-8-21-14(20)10-23-16-19-18-15(22-16)12-9-17-13-7-5-4-6-11(12)13/h4-7,9,17H,2-3,8,10H2,1H3. The van der Waals surface area contributed by atoms with Gasteiger partial charge in [-0.3, -0.25) is 4.79 Å². The number of H-pyrrole nitrogens is 1. The molecule has 0 saturated heterocycles. The average molecular weight is 331 g/mol. The number of unbranched alkanes of at least 4 members (excludes halogenated alkanes) is 1. The molecule has 0 spiro atoms. The molecule has 0 saturated carbocycles. The molecule has 1 N–H and O–H groups in total. The number of para-hydroxylation sites is 1. The molecular weight excluding hydrogens is 314 g/mol. The average Bonchev–Trinajstić information content (AvgIpc) is 3.19. The zero-order valence-electron chi connectivity index (χ0n) is 12.7. The minimum absolute atomic E-state index is 0.166. The van der Waals surface area contributed by atoms with Gasteiger partial charge in [0.2, 0.25) is 0 Å². The van der Waals surface area contributed by atoms with Crippen LogP contribution in [0.4, 0.5) is 0 Å². The van der Waals surface area contributed by atoms with Crippen LogP contribution < -0.4 is 0 Å². The summed E-state index contributed by atoms with van der Waals surface area (Å²) >= 11 is 1.19. The van der Waals surface area contributed by atoms with Crippen LogP contribution in [-0.2, 0) is 9.53 Å².